The number of carboxylic acids is 1. The van der Waals surface area contributed by atoms with E-state index in [4.69, 9.17) is 5.11 Å². The summed E-state index contributed by atoms with van der Waals surface area (Å²) >= 11 is 0. The van der Waals surface area contributed by atoms with Gasteiger partial charge in [0.1, 0.15) is 6.54 Å². The number of nitrogens with zero attached hydrogens (tertiary/aromatic N) is 1. The highest BCUT2D eigenvalue weighted by Crippen LogP contribution is 2.00. The van der Waals surface area contributed by atoms with E-state index in [0.29, 0.717) is 26.1 Å². The molecule has 0 rings (SSSR count). The van der Waals surface area contributed by atoms with Gasteiger partial charge in [0.05, 0.1) is 0 Å². The van der Waals surface area contributed by atoms with Crippen LogP contribution in [0.3, 0.4) is 0 Å². The molecule has 8 nitrogen and oxygen atoms in total. The quantitative estimate of drug-likeness (QED) is 0.463. The minimum Gasteiger partial charge on any atom is -0.480 e. The van der Waals surface area contributed by atoms with E-state index in [1.165, 1.54) is 11.8 Å². The number of carbonyl (C=O) groups excluding carboxylic acids is 3. The lowest BCUT2D eigenvalue weighted by Crippen LogP contribution is -2.37. The number of hydrogen-bond donors (Lipinski definition) is 3. The molecule has 0 aliphatic rings. The minimum atomic E-state index is -1.07. The Bertz CT molecular complexity index is 384. The Hall–Kier alpha value is -2.12. The minimum absolute atomic E-state index is 0.00125. The van der Waals surface area contributed by atoms with E-state index in [2.05, 4.69) is 10.6 Å². The molecule has 8 heteroatoms. The van der Waals surface area contributed by atoms with Gasteiger partial charge in [-0.25, -0.2) is 0 Å². The molecule has 0 bridgehead atoms. The van der Waals surface area contributed by atoms with Crippen molar-refractivity contribution in [2.75, 3.05) is 26.2 Å². The third-order valence-electron chi connectivity index (χ3n) is 2.56. The number of hydrogen-bond acceptors (Lipinski definition) is 4. The van der Waals surface area contributed by atoms with Crippen molar-refractivity contribution < 1.29 is 24.3 Å². The van der Waals surface area contributed by atoms with Crippen LogP contribution in [0.25, 0.3) is 0 Å². The molecule has 0 aromatic carbocycles. The first-order valence-corrected chi connectivity index (χ1v) is 6.87. The van der Waals surface area contributed by atoms with Crippen molar-refractivity contribution in [1.82, 2.24) is 15.5 Å². The first kappa shape index (κ1) is 18.9. The van der Waals surface area contributed by atoms with Crippen molar-refractivity contribution in [3.8, 4) is 0 Å². The lowest BCUT2D eigenvalue weighted by atomic mass is 10.2. The number of amides is 3. The number of carbonyl (C=O) groups is 4. The summed E-state index contributed by atoms with van der Waals surface area (Å²) < 4.78 is 0. The monoisotopic (exact) mass is 301 g/mol. The molecular weight excluding hydrogens is 278 g/mol. The standard InChI is InChI=1S/C13H23N3O5/c1-3-8-16(9-13(20)21)12(19)5-4-11(18)15-7-6-14-10(2)17/h3-9H2,1-2H3,(H,14,17)(H,15,18)(H,20,21). The Morgan fingerprint density at radius 2 is 1.67 bits per heavy atom. The zero-order chi connectivity index (χ0) is 16.3. The smallest absolute Gasteiger partial charge is 0.323 e. The average Bonchev–Trinajstić information content (AvgIpc) is 2.39. The zero-order valence-corrected chi connectivity index (χ0v) is 12.5. The van der Waals surface area contributed by atoms with E-state index in [1.807, 2.05) is 6.92 Å². The molecule has 0 aromatic heterocycles. The molecule has 0 saturated heterocycles. The van der Waals surface area contributed by atoms with Gasteiger partial charge in [-0.05, 0) is 6.42 Å². The second kappa shape index (κ2) is 10.6. The fourth-order valence-electron chi connectivity index (χ4n) is 1.63. The van der Waals surface area contributed by atoms with E-state index in [0.717, 1.165) is 0 Å². The summed E-state index contributed by atoms with van der Waals surface area (Å²) in [6.45, 7) is 3.85. The molecule has 0 aromatic rings. The zero-order valence-electron chi connectivity index (χ0n) is 12.5. The van der Waals surface area contributed by atoms with Gasteiger partial charge in [0, 0.05) is 39.4 Å². The Balaban J connectivity index is 4.00. The maximum Gasteiger partial charge on any atom is 0.323 e. The summed E-state index contributed by atoms with van der Waals surface area (Å²) in [6.07, 6.45) is 0.625. The van der Waals surface area contributed by atoms with Gasteiger partial charge in [-0.1, -0.05) is 6.92 Å². The molecule has 0 atom stereocenters. The predicted octanol–water partition coefficient (Wildman–Crippen LogP) is -0.658. The molecule has 0 aliphatic carbocycles. The SMILES string of the molecule is CCCN(CC(=O)O)C(=O)CCC(=O)NCCNC(C)=O. The fourth-order valence-corrected chi connectivity index (χ4v) is 1.63. The summed E-state index contributed by atoms with van der Waals surface area (Å²) in [4.78, 5) is 45.8. The third-order valence-corrected chi connectivity index (χ3v) is 2.56. The Morgan fingerprint density at radius 3 is 2.19 bits per heavy atom. The van der Waals surface area contributed by atoms with Crippen molar-refractivity contribution in [2.45, 2.75) is 33.1 Å². The molecule has 0 heterocycles. The molecule has 0 spiro atoms. The summed E-state index contributed by atoms with van der Waals surface area (Å²) in [7, 11) is 0. The second-order valence-corrected chi connectivity index (χ2v) is 4.54. The molecule has 120 valence electrons. The first-order chi connectivity index (χ1) is 9.86. The van der Waals surface area contributed by atoms with Crippen molar-refractivity contribution in [3.63, 3.8) is 0 Å². The highest BCUT2D eigenvalue weighted by atomic mass is 16.4. The highest BCUT2D eigenvalue weighted by Gasteiger charge is 2.16. The van der Waals surface area contributed by atoms with Crippen LogP contribution in [-0.2, 0) is 19.2 Å². The Labute approximate surface area is 123 Å². The molecular formula is C13H23N3O5. The van der Waals surface area contributed by atoms with Crippen molar-refractivity contribution in [1.29, 1.82) is 0 Å². The molecule has 0 unspecified atom stereocenters. The molecule has 0 fully saturated rings. The molecule has 0 saturated carbocycles. The van der Waals surface area contributed by atoms with Gasteiger partial charge in [-0.3, -0.25) is 19.2 Å². The van der Waals surface area contributed by atoms with E-state index < -0.39 is 5.97 Å². The van der Waals surface area contributed by atoms with Crippen LogP contribution in [0, 0.1) is 0 Å². The van der Waals surface area contributed by atoms with Gasteiger partial charge in [0.25, 0.3) is 0 Å². The third kappa shape index (κ3) is 10.3. The molecule has 0 aliphatic heterocycles. The molecule has 3 N–H and O–H groups in total. The second-order valence-electron chi connectivity index (χ2n) is 4.54. The number of rotatable bonds is 10. The molecule has 3 amide bonds. The topological polar surface area (TPSA) is 116 Å². The fraction of sp³-hybridized carbons (Fsp3) is 0.692. The largest absolute Gasteiger partial charge is 0.480 e. The summed E-state index contributed by atoms with van der Waals surface area (Å²) in [6, 6.07) is 0. The summed E-state index contributed by atoms with van der Waals surface area (Å²) in [5.41, 5.74) is 0. The maximum absolute atomic E-state index is 11.8. The molecule has 21 heavy (non-hydrogen) atoms. The summed E-state index contributed by atoms with van der Waals surface area (Å²) in [5, 5.41) is 13.8. The Morgan fingerprint density at radius 1 is 1.05 bits per heavy atom. The van der Waals surface area contributed by atoms with Crippen molar-refractivity contribution >= 4 is 23.7 Å². The van der Waals surface area contributed by atoms with Crippen LogP contribution in [-0.4, -0.2) is 59.9 Å². The predicted molar refractivity (Wildman–Crippen MR) is 75.4 cm³/mol. The van der Waals surface area contributed by atoms with E-state index in [1.54, 1.807) is 0 Å². The maximum atomic E-state index is 11.8. The highest BCUT2D eigenvalue weighted by molar-refractivity contribution is 5.85. The normalized spacial score (nSPS) is 9.81. The first-order valence-electron chi connectivity index (χ1n) is 6.87. The Kier molecular flexibility index (Phi) is 9.57. The van der Waals surface area contributed by atoms with Crippen LogP contribution in [0.4, 0.5) is 0 Å². The van der Waals surface area contributed by atoms with Crippen molar-refractivity contribution in [3.05, 3.63) is 0 Å². The van der Waals surface area contributed by atoms with Crippen LogP contribution in [0.5, 0.6) is 0 Å². The number of nitrogens with one attached hydrogen (secondary N) is 2. The number of carboxylic acid groups (broad SMARTS) is 1. The van der Waals surface area contributed by atoms with Crippen LogP contribution in [0.2, 0.25) is 0 Å². The van der Waals surface area contributed by atoms with Gasteiger partial charge >= 0.3 is 5.97 Å². The van der Waals surface area contributed by atoms with E-state index in [-0.39, 0.29) is 37.1 Å². The van der Waals surface area contributed by atoms with Gasteiger partial charge in [0.15, 0.2) is 0 Å². The van der Waals surface area contributed by atoms with E-state index >= 15 is 0 Å². The van der Waals surface area contributed by atoms with Gasteiger partial charge in [0.2, 0.25) is 17.7 Å². The van der Waals surface area contributed by atoms with Crippen LogP contribution in [0.15, 0.2) is 0 Å². The molecule has 0 radical (unpaired) electrons. The van der Waals surface area contributed by atoms with Crippen molar-refractivity contribution in [2.24, 2.45) is 0 Å². The van der Waals surface area contributed by atoms with Gasteiger partial charge < -0.3 is 20.6 Å². The summed E-state index contributed by atoms with van der Waals surface area (Å²) in [5.74, 6) is -1.91. The van der Waals surface area contributed by atoms with Gasteiger partial charge in [-0.2, -0.15) is 0 Å². The average molecular weight is 301 g/mol. The van der Waals surface area contributed by atoms with E-state index in [9.17, 15) is 19.2 Å². The lowest BCUT2D eigenvalue weighted by Gasteiger charge is -2.19. The van der Waals surface area contributed by atoms with Gasteiger partial charge in [-0.15, -0.1) is 0 Å². The lowest BCUT2D eigenvalue weighted by molar-refractivity contribution is -0.144. The van der Waals surface area contributed by atoms with Crippen LogP contribution in [0.1, 0.15) is 33.1 Å². The van der Waals surface area contributed by atoms with Crippen LogP contribution >= 0.6 is 0 Å². The number of aliphatic carboxylic acids is 1. The van der Waals surface area contributed by atoms with Crippen LogP contribution < -0.4 is 10.6 Å².